The van der Waals surface area contributed by atoms with E-state index in [-0.39, 0.29) is 5.75 Å². The molecule has 1 saturated carbocycles. The average molecular weight is 281 g/mol. The Morgan fingerprint density at radius 3 is 2.55 bits per heavy atom. The van der Waals surface area contributed by atoms with Gasteiger partial charge in [-0.05, 0) is 37.5 Å². The molecule has 1 aliphatic carbocycles. The van der Waals surface area contributed by atoms with Crippen LogP contribution in [0.2, 0.25) is 0 Å². The Balaban J connectivity index is 2.09. The Hall–Kier alpha value is -2.11. The molecule has 1 unspecified atom stereocenters. The SMILES string of the molecule is COc1ccc(C(C)NC(=O)C2(C(=O)O)CC2)cc1F. The summed E-state index contributed by atoms with van der Waals surface area (Å²) >= 11 is 0. The monoisotopic (exact) mass is 281 g/mol. The molecule has 108 valence electrons. The van der Waals surface area contributed by atoms with E-state index in [2.05, 4.69) is 5.32 Å². The van der Waals surface area contributed by atoms with Crippen molar-refractivity contribution < 1.29 is 23.8 Å². The third-order valence-electron chi connectivity index (χ3n) is 3.62. The van der Waals surface area contributed by atoms with Crippen LogP contribution in [0.3, 0.4) is 0 Å². The topological polar surface area (TPSA) is 75.6 Å². The maximum atomic E-state index is 13.6. The number of nitrogens with one attached hydrogen (secondary N) is 1. The summed E-state index contributed by atoms with van der Waals surface area (Å²) in [5.74, 6) is -2.03. The van der Waals surface area contributed by atoms with Crippen molar-refractivity contribution in [1.82, 2.24) is 5.32 Å². The van der Waals surface area contributed by atoms with Crippen LogP contribution < -0.4 is 10.1 Å². The lowest BCUT2D eigenvalue weighted by atomic mass is 10.0. The van der Waals surface area contributed by atoms with E-state index < -0.39 is 29.2 Å². The lowest BCUT2D eigenvalue weighted by Crippen LogP contribution is -2.38. The highest BCUT2D eigenvalue weighted by Gasteiger charge is 2.57. The average Bonchev–Trinajstić information content (AvgIpc) is 3.19. The van der Waals surface area contributed by atoms with Crippen molar-refractivity contribution >= 4 is 11.9 Å². The number of methoxy groups -OCH3 is 1. The summed E-state index contributed by atoms with van der Waals surface area (Å²) in [6.07, 6.45) is 0.690. The van der Waals surface area contributed by atoms with E-state index in [1.807, 2.05) is 0 Å². The van der Waals surface area contributed by atoms with Gasteiger partial charge >= 0.3 is 5.97 Å². The van der Waals surface area contributed by atoms with E-state index in [0.717, 1.165) is 0 Å². The van der Waals surface area contributed by atoms with Crippen molar-refractivity contribution in [3.8, 4) is 5.75 Å². The third kappa shape index (κ3) is 2.45. The summed E-state index contributed by atoms with van der Waals surface area (Å²) in [4.78, 5) is 23.0. The van der Waals surface area contributed by atoms with Gasteiger partial charge in [-0.25, -0.2) is 4.39 Å². The van der Waals surface area contributed by atoms with Crippen LogP contribution in [0.4, 0.5) is 4.39 Å². The molecule has 0 heterocycles. The molecular weight excluding hydrogens is 265 g/mol. The first kappa shape index (κ1) is 14.3. The zero-order valence-electron chi connectivity index (χ0n) is 11.3. The standard InChI is InChI=1S/C14H16FNO4/c1-8(9-3-4-11(20-2)10(15)7-9)16-12(17)14(5-6-14)13(18)19/h3-4,7-8H,5-6H2,1-2H3,(H,16,17)(H,18,19). The molecule has 1 aromatic rings. The molecule has 0 aliphatic heterocycles. The number of hydrogen-bond acceptors (Lipinski definition) is 3. The largest absolute Gasteiger partial charge is 0.494 e. The van der Waals surface area contributed by atoms with Crippen LogP contribution in [-0.2, 0) is 9.59 Å². The molecule has 1 aliphatic rings. The Bertz CT molecular complexity index is 554. The third-order valence-corrected chi connectivity index (χ3v) is 3.62. The summed E-state index contributed by atoms with van der Waals surface area (Å²) in [7, 11) is 1.37. The fourth-order valence-corrected chi connectivity index (χ4v) is 2.03. The van der Waals surface area contributed by atoms with Gasteiger partial charge < -0.3 is 15.2 Å². The lowest BCUT2D eigenvalue weighted by molar-refractivity contribution is -0.149. The first-order valence-corrected chi connectivity index (χ1v) is 6.28. The number of aliphatic carboxylic acids is 1. The van der Waals surface area contributed by atoms with E-state index in [4.69, 9.17) is 9.84 Å². The summed E-state index contributed by atoms with van der Waals surface area (Å²) in [5.41, 5.74) is -0.739. The Morgan fingerprint density at radius 1 is 1.45 bits per heavy atom. The first-order valence-electron chi connectivity index (χ1n) is 6.28. The minimum Gasteiger partial charge on any atom is -0.494 e. The summed E-state index contributed by atoms with van der Waals surface area (Å²) in [5, 5.41) is 11.7. The highest BCUT2D eigenvalue weighted by molar-refractivity contribution is 6.04. The van der Waals surface area contributed by atoms with Gasteiger partial charge in [0.25, 0.3) is 0 Å². The molecule has 1 fully saturated rings. The molecule has 2 N–H and O–H groups in total. The molecule has 5 nitrogen and oxygen atoms in total. The number of hydrogen-bond donors (Lipinski definition) is 2. The van der Waals surface area contributed by atoms with Gasteiger partial charge in [0.1, 0.15) is 5.41 Å². The molecule has 1 amide bonds. The maximum Gasteiger partial charge on any atom is 0.319 e. The molecule has 1 aromatic carbocycles. The predicted molar refractivity (Wildman–Crippen MR) is 68.8 cm³/mol. The van der Waals surface area contributed by atoms with Crippen molar-refractivity contribution in [3.63, 3.8) is 0 Å². The molecule has 2 rings (SSSR count). The van der Waals surface area contributed by atoms with E-state index in [0.29, 0.717) is 18.4 Å². The second-order valence-corrected chi connectivity index (χ2v) is 4.98. The van der Waals surface area contributed by atoms with Crippen LogP contribution in [0.1, 0.15) is 31.4 Å². The molecule has 0 radical (unpaired) electrons. The highest BCUT2D eigenvalue weighted by atomic mass is 19.1. The number of carbonyl (C=O) groups is 2. The number of halogens is 1. The van der Waals surface area contributed by atoms with Gasteiger partial charge in [-0.3, -0.25) is 9.59 Å². The number of carboxylic acids is 1. The van der Waals surface area contributed by atoms with Crippen molar-refractivity contribution in [2.75, 3.05) is 7.11 Å². The number of benzene rings is 1. The van der Waals surface area contributed by atoms with Crippen LogP contribution in [-0.4, -0.2) is 24.1 Å². The van der Waals surface area contributed by atoms with E-state index in [1.54, 1.807) is 13.0 Å². The van der Waals surface area contributed by atoms with Crippen LogP contribution in [0, 0.1) is 11.2 Å². The maximum absolute atomic E-state index is 13.6. The molecule has 1 atom stereocenters. The normalized spacial score (nSPS) is 17.1. The number of carboxylic acid groups (broad SMARTS) is 1. The lowest BCUT2D eigenvalue weighted by Gasteiger charge is -2.18. The van der Waals surface area contributed by atoms with Gasteiger partial charge in [-0.1, -0.05) is 6.07 Å². The van der Waals surface area contributed by atoms with E-state index >= 15 is 0 Å². The summed E-state index contributed by atoms with van der Waals surface area (Å²) in [6.45, 7) is 1.68. The van der Waals surface area contributed by atoms with Crippen LogP contribution in [0.25, 0.3) is 0 Å². The van der Waals surface area contributed by atoms with Gasteiger partial charge in [0.15, 0.2) is 11.6 Å². The zero-order chi connectivity index (χ0) is 14.9. The van der Waals surface area contributed by atoms with Gasteiger partial charge in [0.2, 0.25) is 5.91 Å². The zero-order valence-corrected chi connectivity index (χ0v) is 11.3. The second kappa shape index (κ2) is 5.11. The van der Waals surface area contributed by atoms with E-state index in [9.17, 15) is 14.0 Å². The van der Waals surface area contributed by atoms with Crippen LogP contribution in [0.15, 0.2) is 18.2 Å². The van der Waals surface area contributed by atoms with Crippen molar-refractivity contribution in [2.24, 2.45) is 5.41 Å². The quantitative estimate of drug-likeness (QED) is 0.808. The highest BCUT2D eigenvalue weighted by Crippen LogP contribution is 2.46. The molecule has 0 bridgehead atoms. The fourth-order valence-electron chi connectivity index (χ4n) is 2.03. The molecule has 0 spiro atoms. The molecule has 0 saturated heterocycles. The Kier molecular flexibility index (Phi) is 3.65. The molecule has 20 heavy (non-hydrogen) atoms. The first-order chi connectivity index (χ1) is 9.40. The van der Waals surface area contributed by atoms with Crippen LogP contribution in [0.5, 0.6) is 5.75 Å². The number of amides is 1. The van der Waals surface area contributed by atoms with Crippen LogP contribution >= 0.6 is 0 Å². The Labute approximate surface area is 115 Å². The molecular formula is C14H16FNO4. The van der Waals surface area contributed by atoms with Crippen molar-refractivity contribution in [1.29, 1.82) is 0 Å². The summed E-state index contributed by atoms with van der Waals surface area (Å²) in [6, 6.07) is 3.90. The Morgan fingerprint density at radius 2 is 2.10 bits per heavy atom. The number of carbonyl (C=O) groups excluding carboxylic acids is 1. The van der Waals surface area contributed by atoms with Crippen molar-refractivity contribution in [2.45, 2.75) is 25.8 Å². The number of rotatable bonds is 5. The van der Waals surface area contributed by atoms with Gasteiger partial charge in [-0.15, -0.1) is 0 Å². The van der Waals surface area contributed by atoms with Gasteiger partial charge in [-0.2, -0.15) is 0 Å². The van der Waals surface area contributed by atoms with Gasteiger partial charge in [0, 0.05) is 0 Å². The second-order valence-electron chi connectivity index (χ2n) is 4.98. The number of ether oxygens (including phenoxy) is 1. The van der Waals surface area contributed by atoms with Gasteiger partial charge in [0.05, 0.1) is 13.2 Å². The predicted octanol–water partition coefficient (Wildman–Crippen LogP) is 1.88. The van der Waals surface area contributed by atoms with Crippen molar-refractivity contribution in [3.05, 3.63) is 29.6 Å². The molecule has 0 aromatic heterocycles. The molecule has 6 heteroatoms. The minimum absolute atomic E-state index is 0.122. The van der Waals surface area contributed by atoms with E-state index in [1.165, 1.54) is 19.2 Å². The fraction of sp³-hybridized carbons (Fsp3) is 0.429. The minimum atomic E-state index is -1.29. The summed E-state index contributed by atoms with van der Waals surface area (Å²) < 4.78 is 18.4. The smallest absolute Gasteiger partial charge is 0.319 e.